The molecule has 1 aromatic carbocycles. The molecule has 1 aromatic rings. The third-order valence-corrected chi connectivity index (χ3v) is 5.66. The molecular formula is C20H28N2O2. The van der Waals surface area contributed by atoms with Gasteiger partial charge in [-0.25, -0.2) is 0 Å². The minimum Gasteiger partial charge on any atom is -0.342 e. The molecule has 130 valence electrons. The van der Waals surface area contributed by atoms with Crippen molar-refractivity contribution in [2.75, 3.05) is 33.2 Å². The number of nitrogens with zero attached hydrogens (tertiary/aromatic N) is 2. The van der Waals surface area contributed by atoms with E-state index >= 15 is 0 Å². The topological polar surface area (TPSA) is 40.6 Å². The van der Waals surface area contributed by atoms with Gasteiger partial charge in [0.05, 0.1) is 0 Å². The molecule has 0 aromatic heterocycles. The molecule has 2 aliphatic rings. The summed E-state index contributed by atoms with van der Waals surface area (Å²) in [6.07, 6.45) is 4.05. The first-order valence-electron chi connectivity index (χ1n) is 9.13. The van der Waals surface area contributed by atoms with Gasteiger partial charge in [0.1, 0.15) is 0 Å². The van der Waals surface area contributed by atoms with Crippen LogP contribution in [0, 0.1) is 5.92 Å². The largest absolute Gasteiger partial charge is 0.342 e. The fourth-order valence-electron chi connectivity index (χ4n) is 3.94. The van der Waals surface area contributed by atoms with Gasteiger partial charge < -0.3 is 9.80 Å². The van der Waals surface area contributed by atoms with Crippen LogP contribution in [0.1, 0.15) is 54.4 Å². The van der Waals surface area contributed by atoms with Crippen molar-refractivity contribution in [2.45, 2.75) is 38.5 Å². The zero-order chi connectivity index (χ0) is 17.1. The molecule has 2 saturated heterocycles. The van der Waals surface area contributed by atoms with Crippen LogP contribution in [0.4, 0.5) is 0 Å². The molecule has 0 saturated carbocycles. The molecule has 0 bridgehead atoms. The van der Waals surface area contributed by atoms with Crippen molar-refractivity contribution in [3.63, 3.8) is 0 Å². The van der Waals surface area contributed by atoms with Crippen molar-refractivity contribution >= 4 is 11.7 Å². The number of ketones is 1. The summed E-state index contributed by atoms with van der Waals surface area (Å²) in [4.78, 5) is 28.5. The number of carbonyl (C=O) groups is 2. The Labute approximate surface area is 144 Å². The molecule has 4 heteroatoms. The van der Waals surface area contributed by atoms with Crippen molar-refractivity contribution in [2.24, 2.45) is 5.92 Å². The van der Waals surface area contributed by atoms with Gasteiger partial charge >= 0.3 is 0 Å². The Morgan fingerprint density at radius 2 is 1.50 bits per heavy atom. The zero-order valence-corrected chi connectivity index (χ0v) is 14.8. The predicted molar refractivity (Wildman–Crippen MR) is 95.2 cm³/mol. The lowest BCUT2D eigenvalue weighted by Gasteiger charge is -2.36. The molecule has 0 unspecified atom stereocenters. The molecule has 0 spiro atoms. The summed E-state index contributed by atoms with van der Waals surface area (Å²) >= 11 is 0. The van der Waals surface area contributed by atoms with Crippen LogP contribution >= 0.6 is 0 Å². The first kappa shape index (κ1) is 17.2. The normalized spacial score (nSPS) is 21.0. The van der Waals surface area contributed by atoms with Crippen LogP contribution in [0.2, 0.25) is 0 Å². The van der Waals surface area contributed by atoms with E-state index in [9.17, 15) is 9.59 Å². The quantitative estimate of drug-likeness (QED) is 0.801. The van der Waals surface area contributed by atoms with E-state index < -0.39 is 0 Å². The molecule has 2 aliphatic heterocycles. The summed E-state index contributed by atoms with van der Waals surface area (Å²) in [6, 6.07) is 8.01. The minimum absolute atomic E-state index is 0.111. The SMILES string of the molecule is CC(=O)c1ccc(C2CCN(C(=O)C3CCN(C)CC3)CC2)cc1. The summed E-state index contributed by atoms with van der Waals surface area (Å²) in [6.45, 7) is 5.40. The smallest absolute Gasteiger partial charge is 0.225 e. The second kappa shape index (κ2) is 7.47. The van der Waals surface area contributed by atoms with Gasteiger partial charge in [0, 0.05) is 24.6 Å². The van der Waals surface area contributed by atoms with Crippen molar-refractivity contribution in [3.8, 4) is 0 Å². The maximum Gasteiger partial charge on any atom is 0.225 e. The van der Waals surface area contributed by atoms with Crippen molar-refractivity contribution in [1.29, 1.82) is 0 Å². The standard InChI is InChI=1S/C20H28N2O2/c1-15(23)16-3-5-17(6-4-16)18-9-13-22(14-10-18)20(24)19-7-11-21(2)12-8-19/h3-6,18-19H,7-14H2,1-2H3. The average molecular weight is 328 g/mol. The molecule has 3 rings (SSSR count). The van der Waals surface area contributed by atoms with Crippen molar-refractivity contribution in [1.82, 2.24) is 9.80 Å². The number of Topliss-reactive ketones (excluding diaryl/α,β-unsaturated/α-hetero) is 1. The van der Waals surface area contributed by atoms with E-state index in [1.54, 1.807) is 6.92 Å². The van der Waals surface area contributed by atoms with Crippen LogP contribution < -0.4 is 0 Å². The monoisotopic (exact) mass is 328 g/mol. The molecule has 0 radical (unpaired) electrons. The molecular weight excluding hydrogens is 300 g/mol. The number of carbonyl (C=O) groups excluding carboxylic acids is 2. The number of rotatable bonds is 3. The van der Waals surface area contributed by atoms with Crippen LogP contribution in [-0.4, -0.2) is 54.7 Å². The van der Waals surface area contributed by atoms with Gasteiger partial charge in [-0.15, -0.1) is 0 Å². The second-order valence-corrected chi connectivity index (χ2v) is 7.36. The van der Waals surface area contributed by atoms with Gasteiger partial charge in [-0.1, -0.05) is 24.3 Å². The summed E-state index contributed by atoms with van der Waals surface area (Å²) in [5.74, 6) is 1.22. The number of amides is 1. The second-order valence-electron chi connectivity index (χ2n) is 7.36. The maximum atomic E-state index is 12.7. The van der Waals surface area contributed by atoms with Crippen molar-refractivity contribution in [3.05, 3.63) is 35.4 Å². The highest BCUT2D eigenvalue weighted by Crippen LogP contribution is 2.30. The van der Waals surface area contributed by atoms with Gasteiger partial charge in [0.25, 0.3) is 0 Å². The van der Waals surface area contributed by atoms with Crippen LogP contribution in [0.15, 0.2) is 24.3 Å². The Morgan fingerprint density at radius 3 is 2.04 bits per heavy atom. The Bertz CT molecular complexity index is 580. The molecule has 0 N–H and O–H groups in total. The van der Waals surface area contributed by atoms with Gasteiger partial charge in [-0.05, 0) is 64.2 Å². The van der Waals surface area contributed by atoms with E-state index in [2.05, 4.69) is 29.0 Å². The number of hydrogen-bond acceptors (Lipinski definition) is 3. The zero-order valence-electron chi connectivity index (χ0n) is 14.8. The number of benzene rings is 1. The van der Waals surface area contributed by atoms with Crippen molar-refractivity contribution < 1.29 is 9.59 Å². The maximum absolute atomic E-state index is 12.7. The number of likely N-dealkylation sites (tertiary alicyclic amines) is 2. The summed E-state index contributed by atoms with van der Waals surface area (Å²) in [5, 5.41) is 0. The minimum atomic E-state index is 0.111. The number of piperidine rings is 2. The fraction of sp³-hybridized carbons (Fsp3) is 0.600. The molecule has 0 aliphatic carbocycles. The van der Waals surface area contributed by atoms with E-state index in [-0.39, 0.29) is 11.7 Å². The van der Waals surface area contributed by atoms with Crippen LogP contribution in [0.3, 0.4) is 0 Å². The van der Waals surface area contributed by atoms with Crippen LogP contribution in [0.5, 0.6) is 0 Å². The fourth-order valence-corrected chi connectivity index (χ4v) is 3.94. The Morgan fingerprint density at radius 1 is 0.917 bits per heavy atom. The predicted octanol–water partition coefficient (Wildman–Crippen LogP) is 2.94. The molecule has 24 heavy (non-hydrogen) atoms. The first-order chi connectivity index (χ1) is 11.5. The average Bonchev–Trinajstić information content (AvgIpc) is 2.62. The highest BCUT2D eigenvalue weighted by atomic mass is 16.2. The Hall–Kier alpha value is -1.68. The summed E-state index contributed by atoms with van der Waals surface area (Å²) in [7, 11) is 2.13. The Balaban J connectivity index is 1.53. The summed E-state index contributed by atoms with van der Waals surface area (Å²) < 4.78 is 0. The van der Waals surface area contributed by atoms with Gasteiger partial charge in [0.2, 0.25) is 5.91 Å². The van der Waals surface area contributed by atoms with E-state index in [0.29, 0.717) is 11.8 Å². The van der Waals surface area contributed by atoms with Gasteiger partial charge in [0.15, 0.2) is 5.78 Å². The molecule has 4 nitrogen and oxygen atoms in total. The molecule has 2 fully saturated rings. The van der Waals surface area contributed by atoms with E-state index in [4.69, 9.17) is 0 Å². The van der Waals surface area contributed by atoms with E-state index in [0.717, 1.165) is 57.4 Å². The van der Waals surface area contributed by atoms with Gasteiger partial charge in [-0.2, -0.15) is 0 Å². The van der Waals surface area contributed by atoms with E-state index in [1.165, 1.54) is 5.56 Å². The summed E-state index contributed by atoms with van der Waals surface area (Å²) in [5.41, 5.74) is 2.07. The van der Waals surface area contributed by atoms with Gasteiger partial charge in [-0.3, -0.25) is 9.59 Å². The molecule has 0 atom stereocenters. The van der Waals surface area contributed by atoms with Crippen LogP contribution in [0.25, 0.3) is 0 Å². The Kier molecular flexibility index (Phi) is 5.34. The molecule has 2 heterocycles. The third-order valence-electron chi connectivity index (χ3n) is 5.66. The van der Waals surface area contributed by atoms with Crippen LogP contribution in [-0.2, 0) is 4.79 Å². The first-order valence-corrected chi connectivity index (χ1v) is 9.13. The highest BCUT2D eigenvalue weighted by Gasteiger charge is 2.30. The number of hydrogen-bond donors (Lipinski definition) is 0. The third kappa shape index (κ3) is 3.86. The lowest BCUT2D eigenvalue weighted by molar-refractivity contribution is -0.138. The highest BCUT2D eigenvalue weighted by molar-refractivity contribution is 5.94. The lowest BCUT2D eigenvalue weighted by atomic mass is 9.87. The van der Waals surface area contributed by atoms with E-state index in [1.807, 2.05) is 12.1 Å². The molecule has 1 amide bonds. The lowest BCUT2D eigenvalue weighted by Crippen LogP contribution is -2.44.